The Morgan fingerprint density at radius 2 is 1.77 bits per heavy atom. The minimum atomic E-state index is -0.0291. The summed E-state index contributed by atoms with van der Waals surface area (Å²) >= 11 is 0. The summed E-state index contributed by atoms with van der Waals surface area (Å²) < 4.78 is 0. The lowest BCUT2D eigenvalue weighted by molar-refractivity contribution is -0.120. The number of hydrogen-bond acceptors (Lipinski definition) is 2. The molecule has 1 aromatic carbocycles. The van der Waals surface area contributed by atoms with Crippen molar-refractivity contribution in [2.45, 2.75) is 31.7 Å². The maximum atomic E-state index is 12.4. The molecule has 2 fully saturated rings. The molecule has 22 heavy (non-hydrogen) atoms. The zero-order chi connectivity index (χ0) is 15.1. The molecule has 3 aliphatic carbocycles. The van der Waals surface area contributed by atoms with Crippen LogP contribution < -0.4 is 10.6 Å². The van der Waals surface area contributed by atoms with Gasteiger partial charge in [-0.25, -0.2) is 0 Å². The average Bonchev–Trinajstić information content (AvgIpc) is 3.09. The Morgan fingerprint density at radius 3 is 2.36 bits per heavy atom. The number of benzene rings is 1. The molecule has 3 unspecified atom stereocenters. The highest BCUT2D eigenvalue weighted by molar-refractivity contribution is 5.96. The molecule has 2 amide bonds. The third kappa shape index (κ3) is 2.65. The van der Waals surface area contributed by atoms with E-state index in [-0.39, 0.29) is 17.7 Å². The normalized spacial score (nSPS) is 28.6. The minimum absolute atomic E-state index is 0.0291. The highest BCUT2D eigenvalue weighted by Gasteiger charge is 2.39. The van der Waals surface area contributed by atoms with Gasteiger partial charge in [0.1, 0.15) is 0 Å². The Kier molecular flexibility index (Phi) is 3.25. The fraction of sp³-hybridized carbons (Fsp3) is 0.444. The van der Waals surface area contributed by atoms with Crippen LogP contribution in [0.4, 0.5) is 5.69 Å². The van der Waals surface area contributed by atoms with Gasteiger partial charge >= 0.3 is 0 Å². The zero-order valence-corrected chi connectivity index (χ0v) is 12.4. The van der Waals surface area contributed by atoms with Gasteiger partial charge in [-0.3, -0.25) is 9.59 Å². The highest BCUT2D eigenvalue weighted by atomic mass is 16.2. The second-order valence-electron chi connectivity index (χ2n) is 6.70. The number of anilines is 1. The van der Waals surface area contributed by atoms with Gasteiger partial charge in [0.05, 0.1) is 0 Å². The standard InChI is InChI=1S/C18H20N2O2/c21-17(19-15-7-8-15)12-3-5-14(6-4-12)20-18(22)16-10-11-1-2-13(16)9-11/h1-6,11,13,15-16H,7-10H2,(H,19,21)(H,20,22). The topological polar surface area (TPSA) is 58.2 Å². The Bertz CT molecular complexity index is 631. The third-order valence-corrected chi connectivity index (χ3v) is 4.94. The predicted molar refractivity (Wildman–Crippen MR) is 84.4 cm³/mol. The fourth-order valence-corrected chi connectivity index (χ4v) is 3.52. The predicted octanol–water partition coefficient (Wildman–Crippen LogP) is 2.73. The molecule has 2 saturated carbocycles. The first-order valence-corrected chi connectivity index (χ1v) is 8.09. The number of rotatable bonds is 4. The number of carbonyl (C=O) groups excluding carboxylic acids is 2. The van der Waals surface area contributed by atoms with E-state index in [1.165, 1.54) is 0 Å². The molecule has 0 aliphatic heterocycles. The molecule has 3 aliphatic rings. The van der Waals surface area contributed by atoms with Crippen molar-refractivity contribution in [3.05, 3.63) is 42.0 Å². The molecule has 0 heterocycles. The summed E-state index contributed by atoms with van der Waals surface area (Å²) in [5.74, 6) is 1.18. The van der Waals surface area contributed by atoms with Crippen molar-refractivity contribution in [3.8, 4) is 0 Å². The number of allylic oxidation sites excluding steroid dienone is 2. The Morgan fingerprint density at radius 1 is 1.00 bits per heavy atom. The van der Waals surface area contributed by atoms with E-state index in [2.05, 4.69) is 22.8 Å². The van der Waals surface area contributed by atoms with Crippen molar-refractivity contribution in [2.24, 2.45) is 17.8 Å². The third-order valence-electron chi connectivity index (χ3n) is 4.94. The van der Waals surface area contributed by atoms with Crippen molar-refractivity contribution in [1.82, 2.24) is 5.32 Å². The second kappa shape index (κ2) is 5.27. The van der Waals surface area contributed by atoms with Gasteiger partial charge in [-0.05, 0) is 61.8 Å². The SMILES string of the molecule is O=C(NC1CC1)c1ccc(NC(=O)C2CC3C=CC2C3)cc1. The van der Waals surface area contributed by atoms with Gasteiger partial charge in [-0.2, -0.15) is 0 Å². The summed E-state index contributed by atoms with van der Waals surface area (Å²) in [6, 6.07) is 7.52. The number of carbonyl (C=O) groups is 2. The molecule has 1 aromatic rings. The van der Waals surface area contributed by atoms with Gasteiger partial charge in [0, 0.05) is 23.2 Å². The van der Waals surface area contributed by atoms with Crippen molar-refractivity contribution < 1.29 is 9.59 Å². The molecule has 4 rings (SSSR count). The first-order valence-electron chi connectivity index (χ1n) is 8.09. The van der Waals surface area contributed by atoms with E-state index < -0.39 is 0 Å². The van der Waals surface area contributed by atoms with Crippen LogP contribution in [0.25, 0.3) is 0 Å². The minimum Gasteiger partial charge on any atom is -0.349 e. The molecule has 0 spiro atoms. The van der Waals surface area contributed by atoms with Crippen LogP contribution in [0, 0.1) is 17.8 Å². The monoisotopic (exact) mass is 296 g/mol. The first-order chi connectivity index (χ1) is 10.7. The van der Waals surface area contributed by atoms with E-state index in [1.807, 2.05) is 12.1 Å². The Balaban J connectivity index is 1.37. The van der Waals surface area contributed by atoms with E-state index in [9.17, 15) is 9.59 Å². The number of nitrogens with one attached hydrogen (secondary N) is 2. The van der Waals surface area contributed by atoms with E-state index in [0.29, 0.717) is 23.4 Å². The van der Waals surface area contributed by atoms with Gasteiger partial charge in [0.2, 0.25) is 5.91 Å². The summed E-state index contributed by atoms with van der Waals surface area (Å²) in [6.07, 6.45) is 8.68. The van der Waals surface area contributed by atoms with Crippen LogP contribution in [0.1, 0.15) is 36.0 Å². The molecule has 0 saturated heterocycles. The molecular weight excluding hydrogens is 276 g/mol. The summed E-state index contributed by atoms with van der Waals surface area (Å²) in [7, 11) is 0. The second-order valence-corrected chi connectivity index (χ2v) is 6.70. The Hall–Kier alpha value is -2.10. The molecule has 2 bridgehead atoms. The summed E-state index contributed by atoms with van der Waals surface area (Å²) in [5.41, 5.74) is 1.41. The quantitative estimate of drug-likeness (QED) is 0.839. The average molecular weight is 296 g/mol. The van der Waals surface area contributed by atoms with E-state index in [0.717, 1.165) is 31.4 Å². The Labute approximate surface area is 130 Å². The molecular formula is C18H20N2O2. The molecule has 4 heteroatoms. The van der Waals surface area contributed by atoms with E-state index in [1.54, 1.807) is 12.1 Å². The lowest BCUT2D eigenvalue weighted by Gasteiger charge is -2.17. The van der Waals surface area contributed by atoms with Gasteiger partial charge in [-0.15, -0.1) is 0 Å². The van der Waals surface area contributed by atoms with Crippen molar-refractivity contribution >= 4 is 17.5 Å². The molecule has 114 valence electrons. The molecule has 2 N–H and O–H groups in total. The summed E-state index contributed by atoms with van der Waals surface area (Å²) in [5, 5.41) is 5.94. The van der Waals surface area contributed by atoms with Crippen LogP contribution in [-0.4, -0.2) is 17.9 Å². The lowest BCUT2D eigenvalue weighted by Crippen LogP contribution is -2.26. The van der Waals surface area contributed by atoms with Crippen LogP contribution in [0.15, 0.2) is 36.4 Å². The number of amides is 2. The lowest BCUT2D eigenvalue weighted by atomic mass is 9.93. The summed E-state index contributed by atoms with van der Waals surface area (Å²) in [4.78, 5) is 24.3. The van der Waals surface area contributed by atoms with Gasteiger partial charge in [-0.1, -0.05) is 12.2 Å². The van der Waals surface area contributed by atoms with Crippen LogP contribution in [0.3, 0.4) is 0 Å². The van der Waals surface area contributed by atoms with Crippen molar-refractivity contribution in [1.29, 1.82) is 0 Å². The highest BCUT2D eigenvalue weighted by Crippen LogP contribution is 2.43. The fourth-order valence-electron chi connectivity index (χ4n) is 3.52. The van der Waals surface area contributed by atoms with Crippen LogP contribution in [0.5, 0.6) is 0 Å². The van der Waals surface area contributed by atoms with Crippen LogP contribution >= 0.6 is 0 Å². The van der Waals surface area contributed by atoms with E-state index in [4.69, 9.17) is 0 Å². The van der Waals surface area contributed by atoms with Gasteiger partial charge in [0.25, 0.3) is 5.91 Å². The number of hydrogen-bond donors (Lipinski definition) is 2. The van der Waals surface area contributed by atoms with Crippen molar-refractivity contribution in [3.63, 3.8) is 0 Å². The van der Waals surface area contributed by atoms with Gasteiger partial charge in [0.15, 0.2) is 0 Å². The maximum absolute atomic E-state index is 12.4. The van der Waals surface area contributed by atoms with Crippen LogP contribution in [-0.2, 0) is 4.79 Å². The summed E-state index contributed by atoms with van der Waals surface area (Å²) in [6.45, 7) is 0. The molecule has 0 radical (unpaired) electrons. The molecule has 4 nitrogen and oxygen atoms in total. The van der Waals surface area contributed by atoms with Gasteiger partial charge < -0.3 is 10.6 Å². The smallest absolute Gasteiger partial charge is 0.251 e. The maximum Gasteiger partial charge on any atom is 0.251 e. The van der Waals surface area contributed by atoms with Crippen molar-refractivity contribution in [2.75, 3.05) is 5.32 Å². The van der Waals surface area contributed by atoms with Crippen LogP contribution in [0.2, 0.25) is 0 Å². The largest absolute Gasteiger partial charge is 0.349 e. The number of fused-ring (bicyclic) bond motifs is 2. The zero-order valence-electron chi connectivity index (χ0n) is 12.4. The first kappa shape index (κ1) is 13.6. The molecule has 3 atom stereocenters. The molecule has 0 aromatic heterocycles. The van der Waals surface area contributed by atoms with E-state index >= 15 is 0 Å².